The van der Waals surface area contributed by atoms with Crippen LogP contribution in [0.2, 0.25) is 0 Å². The number of hydrogen-bond donors (Lipinski definition) is 1. The molecule has 0 radical (unpaired) electrons. The fraction of sp³-hybridized carbons (Fsp3) is 0.500. The lowest BCUT2D eigenvalue weighted by Crippen LogP contribution is -2.39. The molecule has 0 aliphatic rings. The molecule has 1 amide bonds. The van der Waals surface area contributed by atoms with E-state index in [9.17, 15) is 9.59 Å². The highest BCUT2D eigenvalue weighted by Gasteiger charge is 2.14. The molecule has 0 aromatic heterocycles. The van der Waals surface area contributed by atoms with Crippen LogP contribution < -0.4 is 10.1 Å². The van der Waals surface area contributed by atoms with Crippen LogP contribution in [0.5, 0.6) is 5.75 Å². The zero-order valence-corrected chi connectivity index (χ0v) is 13.0. The Balaban J connectivity index is 2.65. The standard InChI is InChI=1S/C16H24N2O3/c1-4-10-18(12-16(20)17-3)11-15(19)13-6-8-14(9-7-13)21-5-2/h6-9H,4-5,10-12H2,1-3H3,(H,17,20). The number of hydrogen-bond acceptors (Lipinski definition) is 4. The van der Waals surface area contributed by atoms with E-state index in [4.69, 9.17) is 4.74 Å². The molecule has 5 heteroatoms. The molecule has 0 aliphatic carbocycles. The first-order valence-corrected chi connectivity index (χ1v) is 7.29. The number of ketones is 1. The molecule has 0 aliphatic heterocycles. The summed E-state index contributed by atoms with van der Waals surface area (Å²) in [5, 5.41) is 2.58. The second-order valence-corrected chi connectivity index (χ2v) is 4.76. The number of nitrogens with one attached hydrogen (secondary N) is 1. The normalized spacial score (nSPS) is 10.5. The molecule has 1 N–H and O–H groups in total. The van der Waals surface area contributed by atoms with Crippen molar-refractivity contribution in [2.24, 2.45) is 0 Å². The first kappa shape index (κ1) is 17.2. The Morgan fingerprint density at radius 1 is 1.14 bits per heavy atom. The van der Waals surface area contributed by atoms with Crippen LogP contribution in [0.4, 0.5) is 0 Å². The number of likely N-dealkylation sites (N-methyl/N-ethyl adjacent to an activating group) is 1. The van der Waals surface area contributed by atoms with Crippen molar-refractivity contribution in [2.45, 2.75) is 20.3 Å². The Labute approximate surface area is 126 Å². The molecule has 0 saturated heterocycles. The molecule has 1 aromatic carbocycles. The number of benzene rings is 1. The molecule has 5 nitrogen and oxygen atoms in total. The molecule has 116 valence electrons. The predicted molar refractivity (Wildman–Crippen MR) is 82.7 cm³/mol. The minimum atomic E-state index is -0.0806. The molecular weight excluding hydrogens is 268 g/mol. The lowest BCUT2D eigenvalue weighted by molar-refractivity contribution is -0.121. The third kappa shape index (κ3) is 5.95. The third-order valence-electron chi connectivity index (χ3n) is 3.04. The fourth-order valence-corrected chi connectivity index (χ4v) is 2.01. The van der Waals surface area contributed by atoms with Crippen LogP contribution in [-0.2, 0) is 4.79 Å². The molecular formula is C16H24N2O3. The van der Waals surface area contributed by atoms with Crippen LogP contribution in [0.3, 0.4) is 0 Å². The summed E-state index contributed by atoms with van der Waals surface area (Å²) in [5.41, 5.74) is 0.636. The van der Waals surface area contributed by atoms with Crippen LogP contribution in [0.25, 0.3) is 0 Å². The number of amides is 1. The van der Waals surface area contributed by atoms with Gasteiger partial charge in [0.05, 0.1) is 19.7 Å². The van der Waals surface area contributed by atoms with Gasteiger partial charge in [0.1, 0.15) is 5.75 Å². The smallest absolute Gasteiger partial charge is 0.233 e. The van der Waals surface area contributed by atoms with Gasteiger partial charge >= 0.3 is 0 Å². The molecule has 1 rings (SSSR count). The summed E-state index contributed by atoms with van der Waals surface area (Å²) in [4.78, 5) is 25.6. The summed E-state index contributed by atoms with van der Waals surface area (Å²) >= 11 is 0. The first-order chi connectivity index (χ1) is 10.1. The van der Waals surface area contributed by atoms with Crippen molar-refractivity contribution in [1.29, 1.82) is 0 Å². The average molecular weight is 292 g/mol. The Kier molecular flexibility index (Phi) is 7.46. The highest BCUT2D eigenvalue weighted by atomic mass is 16.5. The zero-order valence-electron chi connectivity index (χ0n) is 13.0. The Bertz CT molecular complexity index is 457. The SMILES string of the molecule is CCCN(CC(=O)NC)CC(=O)c1ccc(OCC)cc1. The second-order valence-electron chi connectivity index (χ2n) is 4.76. The van der Waals surface area contributed by atoms with Crippen LogP contribution >= 0.6 is 0 Å². The molecule has 0 spiro atoms. The van der Waals surface area contributed by atoms with Gasteiger partial charge in [0.2, 0.25) is 5.91 Å². The monoisotopic (exact) mass is 292 g/mol. The summed E-state index contributed by atoms with van der Waals surface area (Å²) in [6.07, 6.45) is 0.896. The Hall–Kier alpha value is -1.88. The van der Waals surface area contributed by atoms with Crippen molar-refractivity contribution < 1.29 is 14.3 Å². The van der Waals surface area contributed by atoms with Gasteiger partial charge in [-0.25, -0.2) is 0 Å². The van der Waals surface area contributed by atoms with E-state index in [1.165, 1.54) is 0 Å². The van der Waals surface area contributed by atoms with Crippen LogP contribution in [0.15, 0.2) is 24.3 Å². The molecule has 0 heterocycles. The largest absolute Gasteiger partial charge is 0.494 e. The molecule has 1 aromatic rings. The van der Waals surface area contributed by atoms with Gasteiger partial charge in [0.15, 0.2) is 5.78 Å². The van der Waals surface area contributed by atoms with Gasteiger partial charge in [0.25, 0.3) is 0 Å². The van der Waals surface area contributed by atoms with Crippen LogP contribution in [0.1, 0.15) is 30.6 Å². The average Bonchev–Trinajstić information content (AvgIpc) is 2.48. The minimum Gasteiger partial charge on any atom is -0.494 e. The number of carbonyl (C=O) groups is 2. The van der Waals surface area contributed by atoms with E-state index in [2.05, 4.69) is 5.32 Å². The van der Waals surface area contributed by atoms with Crippen molar-refractivity contribution in [2.75, 3.05) is 33.3 Å². The predicted octanol–water partition coefficient (Wildman–Crippen LogP) is 1.73. The van der Waals surface area contributed by atoms with E-state index in [1.807, 2.05) is 18.7 Å². The quantitative estimate of drug-likeness (QED) is 0.704. The highest BCUT2D eigenvalue weighted by Crippen LogP contribution is 2.13. The summed E-state index contributed by atoms with van der Waals surface area (Å²) in [6, 6.07) is 7.11. The molecule has 21 heavy (non-hydrogen) atoms. The molecule has 0 unspecified atom stereocenters. The zero-order chi connectivity index (χ0) is 15.7. The van der Waals surface area contributed by atoms with E-state index in [-0.39, 0.29) is 24.8 Å². The van der Waals surface area contributed by atoms with E-state index < -0.39 is 0 Å². The van der Waals surface area contributed by atoms with Crippen molar-refractivity contribution in [3.8, 4) is 5.75 Å². The van der Waals surface area contributed by atoms with Gasteiger partial charge in [0, 0.05) is 12.6 Å². The topological polar surface area (TPSA) is 58.6 Å². The minimum absolute atomic E-state index is 0.00963. The molecule has 0 atom stereocenters. The lowest BCUT2D eigenvalue weighted by Gasteiger charge is -2.19. The number of carbonyl (C=O) groups excluding carboxylic acids is 2. The number of rotatable bonds is 9. The van der Waals surface area contributed by atoms with Gasteiger partial charge in [-0.1, -0.05) is 6.92 Å². The summed E-state index contributed by atoms with van der Waals surface area (Å²) in [6.45, 7) is 5.75. The highest BCUT2D eigenvalue weighted by molar-refractivity contribution is 5.98. The van der Waals surface area contributed by atoms with E-state index in [1.54, 1.807) is 31.3 Å². The van der Waals surface area contributed by atoms with Gasteiger partial charge < -0.3 is 10.1 Å². The van der Waals surface area contributed by atoms with Crippen molar-refractivity contribution in [1.82, 2.24) is 10.2 Å². The Morgan fingerprint density at radius 2 is 1.81 bits per heavy atom. The second kappa shape index (κ2) is 9.13. The van der Waals surface area contributed by atoms with Gasteiger partial charge in [-0.3, -0.25) is 14.5 Å². The van der Waals surface area contributed by atoms with E-state index in [0.717, 1.165) is 18.7 Å². The van der Waals surface area contributed by atoms with Crippen molar-refractivity contribution in [3.63, 3.8) is 0 Å². The summed E-state index contributed by atoms with van der Waals surface area (Å²) < 4.78 is 5.35. The third-order valence-corrected chi connectivity index (χ3v) is 3.04. The maximum Gasteiger partial charge on any atom is 0.233 e. The van der Waals surface area contributed by atoms with Gasteiger partial charge in [-0.2, -0.15) is 0 Å². The van der Waals surface area contributed by atoms with Crippen molar-refractivity contribution >= 4 is 11.7 Å². The number of ether oxygens (including phenoxy) is 1. The van der Waals surface area contributed by atoms with E-state index >= 15 is 0 Å². The molecule has 0 fully saturated rings. The van der Waals surface area contributed by atoms with E-state index in [0.29, 0.717) is 12.2 Å². The maximum absolute atomic E-state index is 12.3. The van der Waals surface area contributed by atoms with Gasteiger partial charge in [-0.05, 0) is 44.2 Å². The van der Waals surface area contributed by atoms with Crippen LogP contribution in [-0.4, -0.2) is 49.9 Å². The summed E-state index contributed by atoms with van der Waals surface area (Å²) in [5.74, 6) is 0.683. The Morgan fingerprint density at radius 3 is 2.33 bits per heavy atom. The van der Waals surface area contributed by atoms with Crippen LogP contribution in [0, 0.1) is 0 Å². The summed E-state index contributed by atoms with van der Waals surface area (Å²) in [7, 11) is 1.60. The van der Waals surface area contributed by atoms with Crippen molar-refractivity contribution in [3.05, 3.63) is 29.8 Å². The maximum atomic E-state index is 12.3. The first-order valence-electron chi connectivity index (χ1n) is 7.29. The number of Topliss-reactive ketones (excluding diaryl/α,β-unsaturated/α-hetero) is 1. The lowest BCUT2D eigenvalue weighted by atomic mass is 10.1. The fourth-order valence-electron chi connectivity index (χ4n) is 2.01. The van der Waals surface area contributed by atoms with Gasteiger partial charge in [-0.15, -0.1) is 0 Å². The molecule has 0 saturated carbocycles. The molecule has 0 bridgehead atoms. The number of nitrogens with zero attached hydrogens (tertiary/aromatic N) is 1.